The van der Waals surface area contributed by atoms with E-state index in [1.165, 1.54) is 42.5 Å². The Morgan fingerprint density at radius 2 is 1.98 bits per heavy atom. The molecule has 1 aliphatic heterocycles. The van der Waals surface area contributed by atoms with E-state index in [0.717, 1.165) is 6.42 Å². The molecule has 1 saturated heterocycles. The molecule has 2 N–H and O–H groups in total. The fraction of sp³-hybridized carbons (Fsp3) is 0.429. The van der Waals surface area contributed by atoms with Crippen molar-refractivity contribution in [3.8, 4) is 0 Å². The van der Waals surface area contributed by atoms with Gasteiger partial charge >= 0.3 is 0 Å². The highest BCUT2D eigenvalue weighted by molar-refractivity contribution is 7.65. The van der Waals surface area contributed by atoms with Gasteiger partial charge in [-0.25, -0.2) is 4.39 Å². The lowest BCUT2D eigenvalue weighted by atomic mass is 9.98. The lowest BCUT2D eigenvalue weighted by Gasteiger charge is -2.27. The standard InChI is InChI=1S/C28H32ClFN5O5P/c1-16(36)26-19-9-8-18(41(4,39)40)10-21(19)34(32-26)14-24(37)35-22(11-28(12-23(28)35)15-33(2)3)27(38)31-13-17-6-5-7-20(29)25(17)30/h5-10,22-23H,11-15H2,1-4H3,(H,31,38)(H,39,40)/t22-,23?,28-/m0/s1. The van der Waals surface area contributed by atoms with E-state index in [1.54, 1.807) is 17.0 Å². The average Bonchev–Trinajstić information content (AvgIpc) is 3.28. The van der Waals surface area contributed by atoms with Crippen molar-refractivity contribution >= 4 is 52.8 Å². The number of Topliss-reactive ketones (excluding diaryl/α,β-unsaturated/α-hetero) is 1. The predicted octanol–water partition coefficient (Wildman–Crippen LogP) is 2.79. The summed E-state index contributed by atoms with van der Waals surface area (Å²) in [7, 11) is 0.267. The van der Waals surface area contributed by atoms with Crippen molar-refractivity contribution in [2.24, 2.45) is 5.41 Å². The first-order valence-corrected chi connectivity index (χ1v) is 15.7. The summed E-state index contributed by atoms with van der Waals surface area (Å²) in [4.78, 5) is 53.4. The number of piperidine rings is 1. The van der Waals surface area contributed by atoms with Gasteiger partial charge in [-0.3, -0.25) is 23.6 Å². The third-order valence-electron chi connectivity index (χ3n) is 7.96. The first kappa shape index (κ1) is 29.4. The summed E-state index contributed by atoms with van der Waals surface area (Å²) in [5, 5.41) is 7.75. The predicted molar refractivity (Wildman–Crippen MR) is 153 cm³/mol. The van der Waals surface area contributed by atoms with Crippen LogP contribution in [0.4, 0.5) is 4.39 Å². The number of amides is 2. The molecule has 2 fully saturated rings. The number of ketones is 1. The van der Waals surface area contributed by atoms with E-state index in [2.05, 4.69) is 10.4 Å². The SMILES string of the molecule is CC(=O)c1nn(CC(=O)N2C3C[C@]3(CN(C)C)C[C@H]2C(=O)NCc2cccc(Cl)c2F)c2cc(P(C)(=O)O)ccc12. The molecule has 2 heterocycles. The maximum Gasteiger partial charge on any atom is 0.245 e. The van der Waals surface area contributed by atoms with Gasteiger partial charge in [-0.1, -0.05) is 23.7 Å². The molecule has 3 aromatic rings. The molecule has 4 atom stereocenters. The Bertz CT molecular complexity index is 1620. The van der Waals surface area contributed by atoms with Crippen LogP contribution in [0.15, 0.2) is 36.4 Å². The second-order valence-corrected chi connectivity index (χ2v) is 14.1. The number of fused-ring (bicyclic) bond motifs is 2. The minimum atomic E-state index is -3.61. The molecular weight excluding hydrogens is 572 g/mol. The third kappa shape index (κ3) is 5.56. The summed E-state index contributed by atoms with van der Waals surface area (Å²) in [5.41, 5.74) is 0.528. The van der Waals surface area contributed by atoms with Gasteiger partial charge in [0.2, 0.25) is 19.2 Å². The van der Waals surface area contributed by atoms with E-state index < -0.39 is 25.1 Å². The molecule has 1 saturated carbocycles. The quantitative estimate of drug-likeness (QED) is 0.285. The van der Waals surface area contributed by atoms with Crippen molar-refractivity contribution in [2.45, 2.75) is 44.9 Å². The summed E-state index contributed by atoms with van der Waals surface area (Å²) < 4.78 is 28.1. The molecule has 41 heavy (non-hydrogen) atoms. The van der Waals surface area contributed by atoms with Crippen LogP contribution in [0.2, 0.25) is 5.02 Å². The molecule has 1 aliphatic carbocycles. The minimum Gasteiger partial charge on any atom is -0.350 e. The van der Waals surface area contributed by atoms with Crippen LogP contribution in [-0.4, -0.2) is 81.5 Å². The lowest BCUT2D eigenvalue weighted by molar-refractivity contribution is -0.140. The Morgan fingerprint density at radius 3 is 2.63 bits per heavy atom. The number of likely N-dealkylation sites (tertiary alicyclic amines) is 1. The van der Waals surface area contributed by atoms with Crippen molar-refractivity contribution in [3.63, 3.8) is 0 Å². The molecule has 0 radical (unpaired) electrons. The van der Waals surface area contributed by atoms with Crippen molar-refractivity contribution in [1.82, 2.24) is 24.9 Å². The highest BCUT2D eigenvalue weighted by Gasteiger charge is 2.67. The molecule has 13 heteroatoms. The van der Waals surface area contributed by atoms with Crippen LogP contribution in [0.25, 0.3) is 10.9 Å². The number of benzene rings is 2. The second-order valence-electron chi connectivity index (χ2n) is 11.4. The molecule has 2 aromatic carbocycles. The van der Waals surface area contributed by atoms with Gasteiger partial charge in [0.05, 0.1) is 10.5 Å². The summed E-state index contributed by atoms with van der Waals surface area (Å²) in [6.45, 7) is 2.92. The third-order valence-corrected chi connectivity index (χ3v) is 9.49. The van der Waals surface area contributed by atoms with Gasteiger partial charge in [-0.05, 0) is 51.2 Å². The normalized spacial score (nSPS) is 23.0. The number of carbonyl (C=O) groups is 3. The minimum absolute atomic E-state index is 0.0410. The van der Waals surface area contributed by atoms with E-state index in [-0.39, 0.29) is 57.8 Å². The molecule has 0 spiro atoms. The van der Waals surface area contributed by atoms with Crippen molar-refractivity contribution in [1.29, 1.82) is 0 Å². The first-order valence-electron chi connectivity index (χ1n) is 13.2. The maximum absolute atomic E-state index is 14.4. The largest absolute Gasteiger partial charge is 0.350 e. The van der Waals surface area contributed by atoms with Gasteiger partial charge in [0, 0.05) is 54.4 Å². The van der Waals surface area contributed by atoms with E-state index in [1.807, 2.05) is 19.0 Å². The zero-order valence-electron chi connectivity index (χ0n) is 23.2. The van der Waals surface area contributed by atoms with Crippen LogP contribution in [0, 0.1) is 11.2 Å². The van der Waals surface area contributed by atoms with Crippen molar-refractivity contribution in [2.75, 3.05) is 27.3 Å². The van der Waals surface area contributed by atoms with Crippen molar-refractivity contribution < 1.29 is 28.2 Å². The Balaban J connectivity index is 1.44. The van der Waals surface area contributed by atoms with Crippen LogP contribution in [0.5, 0.6) is 0 Å². The molecular formula is C28H32ClFN5O5P. The molecule has 1 aromatic heterocycles. The number of nitrogens with one attached hydrogen (secondary N) is 1. The van der Waals surface area contributed by atoms with Crippen LogP contribution in [0.3, 0.4) is 0 Å². The number of aromatic nitrogens is 2. The first-order chi connectivity index (χ1) is 19.2. The van der Waals surface area contributed by atoms with Crippen LogP contribution in [-0.2, 0) is 27.2 Å². The summed E-state index contributed by atoms with van der Waals surface area (Å²) in [5.74, 6) is -1.67. The van der Waals surface area contributed by atoms with Crippen LogP contribution < -0.4 is 10.6 Å². The van der Waals surface area contributed by atoms with Gasteiger partial charge in [-0.15, -0.1) is 0 Å². The Hall–Kier alpha value is -3.11. The molecule has 218 valence electrons. The summed E-state index contributed by atoms with van der Waals surface area (Å²) in [6, 6.07) is 8.15. The molecule has 2 unspecified atom stereocenters. The fourth-order valence-corrected chi connectivity index (χ4v) is 6.97. The number of halogens is 2. The van der Waals surface area contributed by atoms with E-state index in [9.17, 15) is 28.2 Å². The number of hydrogen-bond donors (Lipinski definition) is 2. The number of hydrogen-bond acceptors (Lipinski definition) is 6. The van der Waals surface area contributed by atoms with E-state index in [4.69, 9.17) is 11.6 Å². The molecule has 2 amide bonds. The van der Waals surface area contributed by atoms with Gasteiger partial charge in [0.25, 0.3) is 0 Å². The number of carbonyl (C=O) groups excluding carboxylic acids is 3. The lowest BCUT2D eigenvalue weighted by Crippen LogP contribution is -2.48. The Kier molecular flexibility index (Phi) is 7.61. The van der Waals surface area contributed by atoms with Crippen LogP contribution in [0.1, 0.15) is 35.8 Å². The van der Waals surface area contributed by atoms with E-state index in [0.29, 0.717) is 23.9 Å². The molecule has 2 aliphatic rings. The number of nitrogens with zero attached hydrogens (tertiary/aromatic N) is 4. The number of rotatable bonds is 9. The smallest absolute Gasteiger partial charge is 0.245 e. The average molecular weight is 604 g/mol. The molecule has 10 nitrogen and oxygen atoms in total. The summed E-state index contributed by atoms with van der Waals surface area (Å²) in [6.07, 6.45) is 1.20. The zero-order chi connectivity index (χ0) is 29.9. The van der Waals surface area contributed by atoms with Gasteiger partial charge in [0.1, 0.15) is 24.1 Å². The molecule has 0 bridgehead atoms. The maximum atomic E-state index is 14.4. The van der Waals surface area contributed by atoms with E-state index >= 15 is 0 Å². The summed E-state index contributed by atoms with van der Waals surface area (Å²) >= 11 is 5.88. The molecule has 5 rings (SSSR count). The second kappa shape index (κ2) is 10.6. The Morgan fingerprint density at radius 1 is 1.24 bits per heavy atom. The van der Waals surface area contributed by atoms with Crippen molar-refractivity contribution in [3.05, 3.63) is 58.5 Å². The van der Waals surface area contributed by atoms with Gasteiger partial charge in [-0.2, -0.15) is 5.10 Å². The highest BCUT2D eigenvalue weighted by Crippen LogP contribution is 2.59. The topological polar surface area (TPSA) is 125 Å². The Labute approximate surface area is 241 Å². The zero-order valence-corrected chi connectivity index (χ0v) is 24.9. The monoisotopic (exact) mass is 603 g/mol. The van der Waals surface area contributed by atoms with Gasteiger partial charge < -0.3 is 20.0 Å². The highest BCUT2D eigenvalue weighted by atomic mass is 35.5. The van der Waals surface area contributed by atoms with Gasteiger partial charge in [0.15, 0.2) is 5.78 Å². The fourth-order valence-electron chi connectivity index (χ4n) is 6.07. The van der Waals surface area contributed by atoms with Crippen LogP contribution >= 0.6 is 19.0 Å².